The number of aromatic hydroxyl groups is 12. The number of benzene rings is 12. The molecular weight excluding hydrogens is 2320 g/mol. The zero-order valence-electron chi connectivity index (χ0n) is 54.7. The molecule has 12 aromatic rings. The molecule has 600 valence electrons. The molecule has 0 saturated heterocycles. The summed E-state index contributed by atoms with van der Waals surface area (Å²) in [7, 11) is 0. The predicted octanol–water partition coefficient (Wildman–Crippen LogP) is 31.9. The van der Waals surface area contributed by atoms with Crippen molar-refractivity contribution in [2.75, 3.05) is 0 Å². The zero-order chi connectivity index (χ0) is 84.9. The Morgan fingerprint density at radius 2 is 0.360 bits per heavy atom. The standard InChI is InChI=1S/C12H6Br4O2S.2C12H6Br2Cl2O2S.2C12H6Cl2F2O2S.C12H6F4O2S/c13-5-1-7(15)11(17)9(3-5)19-10-4-6(14)2-8(16)12(10)18;13-7-1-5(15)3-9(11(7)17)19-10-4-6(16)2-8(14)12(10)18;13-5-1-7(15)11(17)9(3-5)19-10-4-6(14)2-8(16)12(10)18;13-7-1-5(15)3-9(11(7)17)19-10-4-6(16)2-8(14)12(10)18;2*13-5-1-7(15)11(17)9(3-5)19-10-4-6(14)2-8(16)12(10)18/h6*1-4,17-18H. The Balaban J connectivity index is 0.000000189. The summed E-state index contributed by atoms with van der Waals surface area (Å²) in [6.07, 6.45) is 0. The highest BCUT2D eigenvalue weighted by Crippen LogP contribution is 2.52. The average Bonchev–Trinajstić information content (AvgIpc) is 0.841. The number of hydrogen-bond acceptors (Lipinski definition) is 18. The second kappa shape index (κ2) is 44.0. The highest BCUT2D eigenvalue weighted by molar-refractivity contribution is 9.12. The van der Waals surface area contributed by atoms with Crippen LogP contribution >= 0.6 is 291 Å². The van der Waals surface area contributed by atoms with Crippen molar-refractivity contribution in [2.24, 2.45) is 0 Å². The van der Waals surface area contributed by atoms with E-state index in [-0.39, 0.29) is 106 Å². The van der Waals surface area contributed by atoms with E-state index >= 15 is 0 Å². The first-order chi connectivity index (χ1) is 53.3. The highest BCUT2D eigenvalue weighted by atomic mass is 79.9. The summed E-state index contributed by atoms with van der Waals surface area (Å²) in [5, 5.41) is 118. The van der Waals surface area contributed by atoms with E-state index in [0.29, 0.717) is 81.2 Å². The van der Waals surface area contributed by atoms with Gasteiger partial charge in [-0.05, 0) is 197 Å². The summed E-state index contributed by atoms with van der Waals surface area (Å²) in [5.74, 6) is -10.8. The van der Waals surface area contributed by atoms with Gasteiger partial charge in [0.25, 0.3) is 0 Å². The maximum absolute atomic E-state index is 13.3. The second-order valence-electron chi connectivity index (χ2n) is 21.4. The van der Waals surface area contributed by atoms with E-state index in [1.165, 1.54) is 47.4 Å². The molecule has 0 heterocycles. The highest BCUT2D eigenvalue weighted by Gasteiger charge is 2.23. The fourth-order valence-corrected chi connectivity index (χ4v) is 22.3. The van der Waals surface area contributed by atoms with E-state index < -0.39 is 69.5 Å². The van der Waals surface area contributed by atoms with Crippen LogP contribution in [0.15, 0.2) is 240 Å². The van der Waals surface area contributed by atoms with Crippen LogP contribution in [0.3, 0.4) is 0 Å². The molecule has 42 heteroatoms. The van der Waals surface area contributed by atoms with Crippen LogP contribution in [0.2, 0.25) is 40.2 Å². The maximum atomic E-state index is 13.3. The van der Waals surface area contributed by atoms with Crippen LogP contribution in [-0.4, -0.2) is 61.3 Å². The van der Waals surface area contributed by atoms with Gasteiger partial charge in [0, 0.05) is 50.1 Å². The van der Waals surface area contributed by atoms with Crippen molar-refractivity contribution in [1.82, 2.24) is 0 Å². The molecule has 12 nitrogen and oxygen atoms in total. The Hall–Kier alpha value is -4.06. The van der Waals surface area contributed by atoms with Crippen LogP contribution in [0, 0.1) is 46.5 Å². The summed E-state index contributed by atoms with van der Waals surface area (Å²) in [6, 6.07) is 31.0. The zero-order valence-corrected chi connectivity index (χ0v) is 78.4. The Kier molecular flexibility index (Phi) is 37.4. The van der Waals surface area contributed by atoms with Crippen molar-refractivity contribution in [3.05, 3.63) is 268 Å². The lowest BCUT2D eigenvalue weighted by atomic mass is 10.3. The van der Waals surface area contributed by atoms with Gasteiger partial charge in [-0.1, -0.05) is 227 Å². The van der Waals surface area contributed by atoms with Crippen LogP contribution in [0.5, 0.6) is 69.0 Å². The van der Waals surface area contributed by atoms with E-state index in [0.717, 1.165) is 89.9 Å². The summed E-state index contributed by atoms with van der Waals surface area (Å²) in [6.45, 7) is 0. The third-order valence-electron chi connectivity index (χ3n) is 13.2. The third kappa shape index (κ3) is 27.5. The van der Waals surface area contributed by atoms with Crippen molar-refractivity contribution in [3.8, 4) is 69.0 Å². The first kappa shape index (κ1) is 97.1. The molecule has 0 unspecified atom stereocenters. The number of phenolic OH excluding ortho intramolecular Hbond substituents is 12. The molecular formula is C72H36Br8Cl8F8O12S6. The minimum absolute atomic E-state index is 0.0367. The van der Waals surface area contributed by atoms with Crippen LogP contribution in [0.4, 0.5) is 35.1 Å². The van der Waals surface area contributed by atoms with Gasteiger partial charge >= 0.3 is 0 Å². The first-order valence-electron chi connectivity index (χ1n) is 29.5. The van der Waals surface area contributed by atoms with Crippen molar-refractivity contribution in [2.45, 2.75) is 58.7 Å². The Bertz CT molecular complexity index is 4460. The maximum Gasteiger partial charge on any atom is 0.168 e. The minimum atomic E-state index is -1.21. The summed E-state index contributed by atoms with van der Waals surface area (Å²) in [5.41, 5.74) is 0. The van der Waals surface area contributed by atoms with E-state index in [4.69, 9.17) is 92.8 Å². The number of phenols is 12. The molecule has 0 fully saturated rings. The van der Waals surface area contributed by atoms with Crippen molar-refractivity contribution < 1.29 is 96.4 Å². The summed E-state index contributed by atoms with van der Waals surface area (Å²) < 4.78 is 110. The Labute approximate surface area is 773 Å². The van der Waals surface area contributed by atoms with Crippen molar-refractivity contribution >= 4 is 291 Å². The molecule has 0 aliphatic carbocycles. The van der Waals surface area contributed by atoms with Crippen molar-refractivity contribution in [3.63, 3.8) is 0 Å². The van der Waals surface area contributed by atoms with Gasteiger partial charge in [-0.3, -0.25) is 0 Å². The third-order valence-corrected chi connectivity index (χ3v) is 25.9. The van der Waals surface area contributed by atoms with Crippen molar-refractivity contribution in [1.29, 1.82) is 0 Å². The van der Waals surface area contributed by atoms with Crippen LogP contribution < -0.4 is 0 Å². The molecule has 0 aliphatic rings. The molecule has 12 aromatic carbocycles. The molecule has 0 bridgehead atoms. The largest absolute Gasteiger partial charge is 0.506 e. The van der Waals surface area contributed by atoms with Gasteiger partial charge in [-0.2, -0.15) is 0 Å². The quantitative estimate of drug-likeness (QED) is 0.0509. The van der Waals surface area contributed by atoms with Gasteiger partial charge in [0.1, 0.15) is 69.3 Å². The van der Waals surface area contributed by atoms with Crippen LogP contribution in [0.25, 0.3) is 0 Å². The molecule has 12 N–H and O–H groups in total. The monoisotopic (exact) mass is 2350 g/mol. The lowest BCUT2D eigenvalue weighted by Crippen LogP contribution is -1.87. The normalized spacial score (nSPS) is 10.7. The Morgan fingerprint density at radius 3 is 0.632 bits per heavy atom. The van der Waals surface area contributed by atoms with Crippen LogP contribution in [0.1, 0.15) is 0 Å². The van der Waals surface area contributed by atoms with Gasteiger partial charge in [0.05, 0.1) is 96.7 Å². The molecule has 114 heavy (non-hydrogen) atoms. The van der Waals surface area contributed by atoms with Gasteiger partial charge in [0.15, 0.2) is 46.3 Å². The fourth-order valence-electron chi connectivity index (χ4n) is 8.15. The van der Waals surface area contributed by atoms with E-state index in [2.05, 4.69) is 127 Å². The molecule has 0 radical (unpaired) electrons. The molecule has 0 aliphatic heterocycles. The second-order valence-corrected chi connectivity index (χ2v) is 38.4. The molecule has 12 rings (SSSR count). The lowest BCUT2D eigenvalue weighted by molar-refractivity contribution is 0.411. The van der Waals surface area contributed by atoms with Gasteiger partial charge in [-0.15, -0.1) is 0 Å². The Morgan fingerprint density at radius 1 is 0.184 bits per heavy atom. The van der Waals surface area contributed by atoms with Gasteiger partial charge < -0.3 is 61.3 Å². The number of halogens is 24. The van der Waals surface area contributed by atoms with E-state index in [9.17, 15) is 96.4 Å². The minimum Gasteiger partial charge on any atom is -0.506 e. The number of rotatable bonds is 12. The topological polar surface area (TPSA) is 243 Å². The van der Waals surface area contributed by atoms with Gasteiger partial charge in [-0.25, -0.2) is 35.1 Å². The smallest absolute Gasteiger partial charge is 0.168 e. The fraction of sp³-hybridized carbons (Fsp3) is 0. The molecule has 0 spiro atoms. The van der Waals surface area contributed by atoms with E-state index in [1.807, 2.05) is 0 Å². The predicted molar refractivity (Wildman–Crippen MR) is 463 cm³/mol. The molecule has 0 atom stereocenters. The summed E-state index contributed by atoms with van der Waals surface area (Å²) in [4.78, 5) is 2.91. The molecule has 0 amide bonds. The molecule has 0 aromatic heterocycles. The summed E-state index contributed by atoms with van der Waals surface area (Å²) >= 11 is 78.1. The lowest BCUT2D eigenvalue weighted by Gasteiger charge is -2.10. The average molecular weight is 2360 g/mol. The molecule has 0 saturated carbocycles. The van der Waals surface area contributed by atoms with Crippen LogP contribution in [-0.2, 0) is 0 Å². The van der Waals surface area contributed by atoms with E-state index in [1.54, 1.807) is 72.8 Å². The number of hydrogen-bond donors (Lipinski definition) is 12. The first-order valence-corrected chi connectivity index (χ1v) is 43.8. The SMILES string of the molecule is Oc1c(Br)cc(Br)cc1Sc1cc(Br)cc(Br)c1O.Oc1c(Br)cc(Cl)cc1Sc1cc(Cl)cc(Br)c1O.Oc1c(Cl)cc(Br)cc1Sc1cc(Br)cc(Cl)c1O.Oc1c(Cl)cc(F)cc1Sc1cc(F)cc(Cl)c1O.Oc1c(F)cc(Cl)cc1Sc1cc(Cl)cc(F)c1O.Oc1c(F)cc(F)cc1Sc1cc(F)cc(F)c1O. The van der Waals surface area contributed by atoms with Gasteiger partial charge in [0.2, 0.25) is 0 Å².